The molecule has 0 unspecified atom stereocenters. The summed E-state index contributed by atoms with van der Waals surface area (Å²) in [5.41, 5.74) is 1.10. The minimum Gasteiger partial charge on any atom is -0.245 e. The van der Waals surface area contributed by atoms with Crippen molar-refractivity contribution in [3.8, 4) is 6.07 Å². The second kappa shape index (κ2) is 2.87. The lowest BCUT2D eigenvalue weighted by Crippen LogP contribution is -1.85. The smallest absolute Gasteiger partial charge is 0.148 e. The molecule has 0 atom stereocenters. The van der Waals surface area contributed by atoms with Crippen molar-refractivity contribution < 1.29 is 0 Å². The fourth-order valence-corrected chi connectivity index (χ4v) is 1.32. The molecule has 0 saturated carbocycles. The fourth-order valence-electron chi connectivity index (χ4n) is 1.32. The Morgan fingerprint density at radius 1 is 1.23 bits per heavy atom. The monoisotopic (exact) mass is 166 g/mol. The average molecular weight is 166 g/mol. The summed E-state index contributed by atoms with van der Waals surface area (Å²) in [6, 6.07) is 9.31. The highest BCUT2D eigenvalue weighted by molar-refractivity contribution is 5.89. The van der Waals surface area contributed by atoms with Gasteiger partial charge >= 0.3 is 0 Å². The number of nitrogens with zero attached hydrogens (tertiary/aromatic N) is 2. The normalized spacial score (nSPS) is 9.85. The van der Waals surface area contributed by atoms with Gasteiger partial charge in [-0.15, -0.1) is 0 Å². The lowest BCUT2D eigenvalue weighted by molar-refractivity contribution is 1.29. The third-order valence-electron chi connectivity index (χ3n) is 1.95. The van der Waals surface area contributed by atoms with Gasteiger partial charge in [-0.1, -0.05) is 18.2 Å². The van der Waals surface area contributed by atoms with Crippen LogP contribution in [0, 0.1) is 18.3 Å². The van der Waals surface area contributed by atoms with E-state index in [9.17, 15) is 0 Å². The van der Waals surface area contributed by atoms with E-state index in [1.165, 1.54) is 0 Å². The molecule has 0 aliphatic rings. The molecule has 0 saturated heterocycles. The molecule has 0 aliphatic heterocycles. The van der Waals surface area contributed by atoms with Gasteiger partial charge in [-0.05, 0) is 23.9 Å². The van der Waals surface area contributed by atoms with Crippen molar-refractivity contribution in [1.82, 2.24) is 4.98 Å². The van der Waals surface area contributed by atoms with Gasteiger partial charge in [-0.2, -0.15) is 5.26 Å². The van der Waals surface area contributed by atoms with Crippen LogP contribution in [-0.4, -0.2) is 4.98 Å². The SMILES string of the molecule is [CH]c1cccc2c(C#N)nccc12. The van der Waals surface area contributed by atoms with Crippen molar-refractivity contribution in [2.75, 3.05) is 0 Å². The van der Waals surface area contributed by atoms with Crippen molar-refractivity contribution in [2.24, 2.45) is 0 Å². The maximum Gasteiger partial charge on any atom is 0.148 e. The molecule has 2 heteroatoms. The van der Waals surface area contributed by atoms with E-state index in [1.54, 1.807) is 6.20 Å². The van der Waals surface area contributed by atoms with Crippen LogP contribution in [0.3, 0.4) is 0 Å². The minimum atomic E-state index is 0.421. The molecule has 0 amide bonds. The van der Waals surface area contributed by atoms with E-state index >= 15 is 0 Å². The third kappa shape index (κ3) is 1.15. The second-order valence-electron chi connectivity index (χ2n) is 2.71. The fraction of sp³-hybridized carbons (Fsp3) is 0. The lowest BCUT2D eigenvalue weighted by atomic mass is 10.1. The molecule has 2 radical (unpaired) electrons. The van der Waals surface area contributed by atoms with Crippen LogP contribution in [0.4, 0.5) is 0 Å². The van der Waals surface area contributed by atoms with Crippen molar-refractivity contribution >= 4 is 10.8 Å². The number of fused-ring (bicyclic) bond motifs is 1. The third-order valence-corrected chi connectivity index (χ3v) is 1.95. The molecule has 0 aliphatic carbocycles. The summed E-state index contributed by atoms with van der Waals surface area (Å²) in [6.45, 7) is 5.74. The van der Waals surface area contributed by atoms with E-state index in [1.807, 2.05) is 30.3 Å². The van der Waals surface area contributed by atoms with Gasteiger partial charge in [0.25, 0.3) is 0 Å². The summed E-state index contributed by atoms with van der Waals surface area (Å²) in [7, 11) is 0. The Labute approximate surface area is 76.5 Å². The van der Waals surface area contributed by atoms with Gasteiger partial charge in [0, 0.05) is 11.6 Å². The zero-order chi connectivity index (χ0) is 9.26. The number of nitriles is 1. The maximum atomic E-state index is 8.77. The Kier molecular flexibility index (Phi) is 1.71. The van der Waals surface area contributed by atoms with E-state index in [2.05, 4.69) is 4.98 Å². The van der Waals surface area contributed by atoms with Crippen LogP contribution < -0.4 is 0 Å². The van der Waals surface area contributed by atoms with E-state index in [-0.39, 0.29) is 0 Å². The molecule has 1 aromatic heterocycles. The van der Waals surface area contributed by atoms with Crippen LogP contribution in [0.1, 0.15) is 11.3 Å². The summed E-state index contributed by atoms with van der Waals surface area (Å²) in [5, 5.41) is 10.5. The van der Waals surface area contributed by atoms with Crippen molar-refractivity contribution in [3.63, 3.8) is 0 Å². The molecule has 2 nitrogen and oxygen atoms in total. The number of hydrogen-bond donors (Lipinski definition) is 0. The van der Waals surface area contributed by atoms with E-state index in [4.69, 9.17) is 12.2 Å². The molecule has 13 heavy (non-hydrogen) atoms. The van der Waals surface area contributed by atoms with Gasteiger partial charge in [0.05, 0.1) is 0 Å². The van der Waals surface area contributed by atoms with Crippen LogP contribution in [0.2, 0.25) is 0 Å². The summed E-state index contributed by atoms with van der Waals surface area (Å²) >= 11 is 0. The number of rotatable bonds is 0. The van der Waals surface area contributed by atoms with Gasteiger partial charge in [0.15, 0.2) is 0 Å². The predicted molar refractivity (Wildman–Crippen MR) is 49.9 cm³/mol. The quantitative estimate of drug-likeness (QED) is 0.601. The minimum absolute atomic E-state index is 0.421. The highest BCUT2D eigenvalue weighted by Gasteiger charge is 2.01. The highest BCUT2D eigenvalue weighted by Crippen LogP contribution is 2.19. The van der Waals surface area contributed by atoms with Gasteiger partial charge in [-0.3, -0.25) is 0 Å². The molecule has 0 spiro atoms. The predicted octanol–water partition coefficient (Wildman–Crippen LogP) is 2.17. The molecular weight excluding hydrogens is 160 g/mol. The Bertz CT molecular complexity index is 495. The van der Waals surface area contributed by atoms with Crippen LogP contribution >= 0.6 is 0 Å². The Morgan fingerprint density at radius 2 is 2.08 bits per heavy atom. The van der Waals surface area contributed by atoms with Crippen molar-refractivity contribution in [1.29, 1.82) is 5.26 Å². The van der Waals surface area contributed by atoms with Gasteiger partial charge in [0.2, 0.25) is 0 Å². The highest BCUT2D eigenvalue weighted by atomic mass is 14.7. The molecule has 1 heterocycles. The maximum absolute atomic E-state index is 8.77. The topological polar surface area (TPSA) is 36.7 Å². The molecule has 0 bridgehead atoms. The first-order valence-corrected chi connectivity index (χ1v) is 3.86. The zero-order valence-electron chi connectivity index (χ0n) is 6.86. The first-order valence-electron chi connectivity index (χ1n) is 3.86. The summed E-state index contributed by atoms with van der Waals surface area (Å²) in [5.74, 6) is 0. The Morgan fingerprint density at radius 3 is 2.85 bits per heavy atom. The number of benzene rings is 1. The number of pyridine rings is 1. The number of hydrogen-bond acceptors (Lipinski definition) is 2. The van der Waals surface area contributed by atoms with E-state index < -0.39 is 0 Å². The van der Waals surface area contributed by atoms with E-state index in [0.29, 0.717) is 11.3 Å². The molecule has 0 fully saturated rings. The van der Waals surface area contributed by atoms with Crippen LogP contribution in [0.15, 0.2) is 30.5 Å². The Balaban J connectivity index is 2.94. The molecule has 60 valence electrons. The van der Waals surface area contributed by atoms with E-state index in [0.717, 1.165) is 10.8 Å². The van der Waals surface area contributed by atoms with Crippen LogP contribution in [0.5, 0.6) is 0 Å². The largest absolute Gasteiger partial charge is 0.245 e. The molecule has 2 rings (SSSR count). The van der Waals surface area contributed by atoms with Crippen LogP contribution in [0.25, 0.3) is 10.8 Å². The van der Waals surface area contributed by atoms with Gasteiger partial charge < -0.3 is 0 Å². The second-order valence-corrected chi connectivity index (χ2v) is 2.71. The van der Waals surface area contributed by atoms with Crippen molar-refractivity contribution in [3.05, 3.63) is 48.6 Å². The van der Waals surface area contributed by atoms with Crippen molar-refractivity contribution in [2.45, 2.75) is 0 Å². The summed E-state index contributed by atoms with van der Waals surface area (Å²) < 4.78 is 0. The van der Waals surface area contributed by atoms with Gasteiger partial charge in [0.1, 0.15) is 11.8 Å². The number of aromatic nitrogens is 1. The van der Waals surface area contributed by atoms with Crippen LogP contribution in [-0.2, 0) is 0 Å². The summed E-state index contributed by atoms with van der Waals surface area (Å²) in [4.78, 5) is 3.95. The lowest BCUT2D eigenvalue weighted by Gasteiger charge is -2.00. The average Bonchev–Trinajstić information content (AvgIpc) is 2.18. The standard InChI is InChI=1S/C11H6N2/c1-8-3-2-4-10-9(8)5-6-13-11(10)7-12/h1-6H. The Hall–Kier alpha value is -1.88. The molecule has 1 aromatic carbocycles. The first kappa shape index (κ1) is 7.75. The molecule has 0 N–H and O–H groups in total. The molecule has 2 aromatic rings. The summed E-state index contributed by atoms with van der Waals surface area (Å²) in [6.07, 6.45) is 1.59. The van der Waals surface area contributed by atoms with Gasteiger partial charge in [-0.25, -0.2) is 4.98 Å². The molecular formula is C11H6N2. The zero-order valence-corrected chi connectivity index (χ0v) is 6.86. The first-order chi connectivity index (χ1) is 6.33.